The second-order valence-electron chi connectivity index (χ2n) is 18.4. The van der Waals surface area contributed by atoms with E-state index in [-0.39, 0.29) is 53.2 Å². The van der Waals surface area contributed by atoms with E-state index in [0.29, 0.717) is 0 Å². The van der Waals surface area contributed by atoms with E-state index >= 15 is 0 Å². The SMILES string of the molecule is Cl.Cl.[CH2]=[Zr]([C]1=CC(C(C)(C)C)=CC1CC)([C]1=C(C)c2cc3c(cc2C1(C)C)Cc1cc2c(cc1-3)C(C)=CC2(C)C)([c]1ccc(F)cc1)[c]1ccc(F)cc1. The summed E-state index contributed by atoms with van der Waals surface area (Å²) in [7, 11) is 0. The van der Waals surface area contributed by atoms with Crippen molar-refractivity contribution in [3.05, 3.63) is 148 Å². The van der Waals surface area contributed by atoms with Gasteiger partial charge in [-0.15, -0.1) is 24.8 Å². The summed E-state index contributed by atoms with van der Waals surface area (Å²) in [6.07, 6.45) is 9.18. The van der Waals surface area contributed by atoms with E-state index in [4.69, 9.17) is 4.21 Å². The van der Waals surface area contributed by atoms with Crippen molar-refractivity contribution in [1.29, 1.82) is 0 Å². The molecular weight excluding hydrogens is 789 g/mol. The standard InChI is InChI=1S/C25H25.C11H17.2C6H4F.CH2.2ClH.Zr/c1-14-12-24(3,4)22-8-16-7-17-9-23-19(15(2)13-25(23,5)6)11-21(17)20(16)10-18(14)22;1-5-9-6-7-10(8-9)11(2,3)4;2*7-6-4-2-1-3-5-6;;;;/h8-12H,7H2,1-6H3;7-9H,5H2,1-4H3;2*2-5H;1H2;2*1H;. The van der Waals surface area contributed by atoms with Crippen LogP contribution in [0, 0.1) is 23.0 Å². The monoisotopic (exact) mass is 840 g/mol. The molecule has 4 aliphatic rings. The Balaban J connectivity index is 0.00000249. The molecular formula is C49H54Cl2F2Zr. The van der Waals surface area contributed by atoms with E-state index in [1.165, 1.54) is 67.8 Å². The molecule has 0 aromatic heterocycles. The van der Waals surface area contributed by atoms with Gasteiger partial charge < -0.3 is 0 Å². The van der Waals surface area contributed by atoms with Crippen LogP contribution in [0.5, 0.6) is 0 Å². The zero-order valence-electron chi connectivity index (χ0n) is 33.4. The van der Waals surface area contributed by atoms with Crippen LogP contribution in [0.1, 0.15) is 109 Å². The number of fused-ring (bicyclic) bond motifs is 5. The van der Waals surface area contributed by atoms with Crippen molar-refractivity contribution >= 4 is 46.7 Å². The first kappa shape index (κ1) is 40.7. The Morgan fingerprint density at radius 1 is 0.741 bits per heavy atom. The van der Waals surface area contributed by atoms with Gasteiger partial charge in [0.15, 0.2) is 0 Å². The van der Waals surface area contributed by atoms with E-state index in [9.17, 15) is 8.78 Å². The van der Waals surface area contributed by atoms with Gasteiger partial charge in [-0.25, -0.2) is 0 Å². The summed E-state index contributed by atoms with van der Waals surface area (Å²) in [6, 6.07) is 24.3. The molecule has 282 valence electrons. The summed E-state index contributed by atoms with van der Waals surface area (Å²) in [4.78, 5) is 0. The van der Waals surface area contributed by atoms with Crippen molar-refractivity contribution in [3.63, 3.8) is 0 Å². The first-order valence-corrected chi connectivity index (χ1v) is 25.7. The fraction of sp³-hybridized carbons (Fsp3) is 0.327. The molecule has 54 heavy (non-hydrogen) atoms. The van der Waals surface area contributed by atoms with Gasteiger partial charge in [-0.3, -0.25) is 0 Å². The molecule has 0 aliphatic heterocycles. The topological polar surface area (TPSA) is 0 Å². The van der Waals surface area contributed by atoms with E-state index in [1.54, 1.807) is 24.3 Å². The van der Waals surface area contributed by atoms with Crippen LogP contribution >= 0.6 is 24.8 Å². The molecule has 0 bridgehead atoms. The van der Waals surface area contributed by atoms with E-state index in [2.05, 4.69) is 112 Å². The van der Waals surface area contributed by atoms with Crippen LogP contribution in [0.25, 0.3) is 22.3 Å². The predicted molar refractivity (Wildman–Crippen MR) is 230 cm³/mol. The maximum absolute atomic E-state index is 14.9. The summed E-state index contributed by atoms with van der Waals surface area (Å²) in [6.45, 7) is 23.1. The number of allylic oxidation sites excluding steroid dienone is 8. The quantitative estimate of drug-likeness (QED) is 0.165. The molecule has 1 atom stereocenters. The Morgan fingerprint density at radius 3 is 1.74 bits per heavy atom. The minimum absolute atomic E-state index is 0. The summed E-state index contributed by atoms with van der Waals surface area (Å²) < 4.78 is 40.5. The van der Waals surface area contributed by atoms with Crippen molar-refractivity contribution in [2.24, 2.45) is 11.3 Å². The zero-order valence-corrected chi connectivity index (χ0v) is 37.5. The molecule has 0 amide bonds. The Labute approximate surface area is 335 Å². The second kappa shape index (κ2) is 13.0. The maximum atomic E-state index is 14.9. The van der Waals surface area contributed by atoms with Crippen molar-refractivity contribution in [1.82, 2.24) is 0 Å². The van der Waals surface area contributed by atoms with Crippen LogP contribution < -0.4 is 6.54 Å². The molecule has 0 spiro atoms. The summed E-state index contributed by atoms with van der Waals surface area (Å²) in [5, 5.41) is 0. The van der Waals surface area contributed by atoms with Crippen LogP contribution in [0.4, 0.5) is 8.78 Å². The molecule has 0 radical (unpaired) electrons. The molecule has 5 heteroatoms. The van der Waals surface area contributed by atoms with Gasteiger partial charge in [-0.05, 0) is 0 Å². The van der Waals surface area contributed by atoms with E-state index in [1.807, 2.05) is 24.3 Å². The Morgan fingerprint density at radius 2 is 1.24 bits per heavy atom. The van der Waals surface area contributed by atoms with Crippen LogP contribution in [-0.4, -0.2) is 4.21 Å². The average Bonchev–Trinajstić information content (AvgIpc) is 3.79. The van der Waals surface area contributed by atoms with Crippen LogP contribution in [0.15, 0.2) is 103 Å². The van der Waals surface area contributed by atoms with Crippen LogP contribution in [-0.2, 0) is 35.5 Å². The summed E-state index contributed by atoms with van der Waals surface area (Å²) in [5.74, 6) is -0.365. The molecule has 0 fully saturated rings. The number of halogens is 4. The normalized spacial score (nSPS) is 19.2. The second-order valence-corrected chi connectivity index (χ2v) is 31.1. The van der Waals surface area contributed by atoms with Gasteiger partial charge in [-0.2, -0.15) is 0 Å². The predicted octanol–water partition coefficient (Wildman–Crippen LogP) is 12.8. The third kappa shape index (κ3) is 5.45. The van der Waals surface area contributed by atoms with Gasteiger partial charge in [0.2, 0.25) is 0 Å². The molecule has 0 heterocycles. The average molecular weight is 843 g/mol. The van der Waals surface area contributed by atoms with E-state index in [0.717, 1.165) is 19.4 Å². The zero-order chi connectivity index (χ0) is 37.4. The first-order chi connectivity index (χ1) is 24.3. The number of benzene rings is 4. The van der Waals surface area contributed by atoms with Crippen LogP contribution in [0.3, 0.4) is 0 Å². The van der Waals surface area contributed by atoms with Crippen molar-refractivity contribution < 1.29 is 27.1 Å². The first-order valence-electron chi connectivity index (χ1n) is 19.1. The van der Waals surface area contributed by atoms with Crippen molar-refractivity contribution in [2.75, 3.05) is 0 Å². The number of hydrogen-bond acceptors (Lipinski definition) is 0. The third-order valence-electron chi connectivity index (χ3n) is 13.5. The van der Waals surface area contributed by atoms with Gasteiger partial charge in [0.05, 0.1) is 0 Å². The Bertz CT molecular complexity index is 2380. The van der Waals surface area contributed by atoms with Gasteiger partial charge >= 0.3 is 313 Å². The van der Waals surface area contributed by atoms with Gasteiger partial charge in [0.25, 0.3) is 0 Å². The van der Waals surface area contributed by atoms with Gasteiger partial charge in [-0.1, -0.05) is 0 Å². The molecule has 4 aliphatic carbocycles. The fourth-order valence-electron chi connectivity index (χ4n) is 11.1. The molecule has 1 unspecified atom stereocenters. The van der Waals surface area contributed by atoms with Crippen molar-refractivity contribution in [2.45, 2.75) is 92.9 Å². The number of rotatable bonds is 5. The molecule has 0 saturated heterocycles. The molecule has 0 N–H and O–H groups in total. The molecule has 0 saturated carbocycles. The van der Waals surface area contributed by atoms with Crippen molar-refractivity contribution in [3.8, 4) is 11.1 Å². The molecule has 4 aromatic carbocycles. The van der Waals surface area contributed by atoms with Gasteiger partial charge in [0.1, 0.15) is 0 Å². The summed E-state index contributed by atoms with van der Waals surface area (Å²) in [5.41, 5.74) is 14.4. The summed E-state index contributed by atoms with van der Waals surface area (Å²) >= 11 is -5.34. The Kier molecular flexibility index (Phi) is 9.83. The van der Waals surface area contributed by atoms with E-state index < -0.39 is 23.7 Å². The molecule has 8 rings (SSSR count). The fourth-order valence-corrected chi connectivity index (χ4v) is 30.1. The number of hydrogen-bond donors (Lipinski definition) is 0. The third-order valence-corrected chi connectivity index (χ3v) is 31.0. The van der Waals surface area contributed by atoms with Gasteiger partial charge in [0, 0.05) is 0 Å². The molecule has 4 aromatic rings. The Hall–Kier alpha value is -2.97. The molecule has 0 nitrogen and oxygen atoms in total. The van der Waals surface area contributed by atoms with Crippen LogP contribution in [0.2, 0.25) is 0 Å². The minimum atomic E-state index is -5.34.